The lowest BCUT2D eigenvalue weighted by Gasteiger charge is -2.10. The molecule has 1 nitrogen and oxygen atoms in total. The van der Waals surface area contributed by atoms with E-state index in [9.17, 15) is 0 Å². The van der Waals surface area contributed by atoms with Gasteiger partial charge in [-0.1, -0.05) is 80.6 Å². The van der Waals surface area contributed by atoms with E-state index in [4.69, 9.17) is 4.42 Å². The molecule has 28 heavy (non-hydrogen) atoms. The molecule has 0 bridgehead atoms. The summed E-state index contributed by atoms with van der Waals surface area (Å²) in [7, 11) is 0. The number of para-hydroxylation sites is 1. The highest BCUT2D eigenvalue weighted by molar-refractivity contribution is 6.05. The van der Waals surface area contributed by atoms with E-state index >= 15 is 0 Å². The van der Waals surface area contributed by atoms with E-state index in [0.29, 0.717) is 5.92 Å². The molecule has 0 amide bonds. The second-order valence-corrected chi connectivity index (χ2v) is 7.67. The molecule has 0 aliphatic carbocycles. The number of fused-ring (bicyclic) bond motifs is 3. The predicted octanol–water partition coefficient (Wildman–Crippen LogP) is 8.04. The Kier molecular flexibility index (Phi) is 4.02. The Morgan fingerprint density at radius 1 is 0.536 bits per heavy atom. The Hall–Kier alpha value is -3.32. The molecular formula is C27H22O. The first-order valence-electron chi connectivity index (χ1n) is 9.81. The first kappa shape index (κ1) is 16.8. The summed E-state index contributed by atoms with van der Waals surface area (Å²) < 4.78 is 6.07. The van der Waals surface area contributed by atoms with Crippen LogP contribution in [-0.2, 0) is 0 Å². The van der Waals surface area contributed by atoms with Gasteiger partial charge in [0.15, 0.2) is 0 Å². The first-order chi connectivity index (χ1) is 13.7. The zero-order chi connectivity index (χ0) is 19.1. The number of rotatable bonds is 3. The summed E-state index contributed by atoms with van der Waals surface area (Å²) in [6.07, 6.45) is 0. The van der Waals surface area contributed by atoms with Crippen molar-refractivity contribution < 1.29 is 4.42 Å². The molecule has 0 saturated carbocycles. The molecule has 0 N–H and O–H groups in total. The monoisotopic (exact) mass is 362 g/mol. The standard InChI is InChI=1S/C27H22O/c1-18(2)19-7-5-8-20(15-19)21-9-6-10-22(16-21)23-13-14-25-24-11-3-4-12-26(24)28-27(25)17-23/h3-18H,1-2H3. The van der Waals surface area contributed by atoms with E-state index in [0.717, 1.165) is 11.2 Å². The summed E-state index contributed by atoms with van der Waals surface area (Å²) in [4.78, 5) is 0. The molecule has 1 heterocycles. The fourth-order valence-corrected chi connectivity index (χ4v) is 3.86. The van der Waals surface area contributed by atoms with Crippen LogP contribution < -0.4 is 0 Å². The van der Waals surface area contributed by atoms with Gasteiger partial charge in [0.25, 0.3) is 0 Å². The van der Waals surface area contributed by atoms with Crippen LogP contribution in [0.1, 0.15) is 25.3 Å². The largest absolute Gasteiger partial charge is 0.456 e. The minimum Gasteiger partial charge on any atom is -0.456 e. The molecule has 5 rings (SSSR count). The van der Waals surface area contributed by atoms with Crippen molar-refractivity contribution in [2.75, 3.05) is 0 Å². The molecule has 0 aliphatic rings. The minimum atomic E-state index is 0.527. The van der Waals surface area contributed by atoms with Crippen molar-refractivity contribution in [2.24, 2.45) is 0 Å². The Labute approximate surface area is 165 Å². The van der Waals surface area contributed by atoms with Crippen molar-refractivity contribution in [1.29, 1.82) is 0 Å². The van der Waals surface area contributed by atoms with E-state index in [2.05, 4.69) is 92.7 Å². The van der Waals surface area contributed by atoms with E-state index in [1.165, 1.54) is 38.6 Å². The Morgan fingerprint density at radius 2 is 1.18 bits per heavy atom. The topological polar surface area (TPSA) is 13.1 Å². The van der Waals surface area contributed by atoms with Crippen molar-refractivity contribution >= 4 is 21.9 Å². The van der Waals surface area contributed by atoms with E-state index in [-0.39, 0.29) is 0 Å². The van der Waals surface area contributed by atoms with Gasteiger partial charge in [-0.15, -0.1) is 0 Å². The fourth-order valence-electron chi connectivity index (χ4n) is 3.86. The maximum Gasteiger partial charge on any atom is 0.136 e. The van der Waals surface area contributed by atoms with Crippen LogP contribution in [0.2, 0.25) is 0 Å². The molecule has 0 saturated heterocycles. The molecule has 0 radical (unpaired) electrons. The van der Waals surface area contributed by atoms with Gasteiger partial charge in [-0.3, -0.25) is 0 Å². The van der Waals surface area contributed by atoms with Crippen LogP contribution in [0.5, 0.6) is 0 Å². The highest BCUT2D eigenvalue weighted by Gasteiger charge is 2.09. The minimum absolute atomic E-state index is 0.527. The molecule has 0 aliphatic heterocycles. The lowest BCUT2D eigenvalue weighted by Crippen LogP contribution is -1.88. The summed E-state index contributed by atoms with van der Waals surface area (Å²) in [6, 6.07) is 32.3. The highest BCUT2D eigenvalue weighted by atomic mass is 16.3. The maximum atomic E-state index is 6.07. The summed E-state index contributed by atoms with van der Waals surface area (Å²) in [6.45, 7) is 4.47. The van der Waals surface area contributed by atoms with Gasteiger partial charge in [-0.25, -0.2) is 0 Å². The van der Waals surface area contributed by atoms with Crippen molar-refractivity contribution in [1.82, 2.24) is 0 Å². The third kappa shape index (κ3) is 2.90. The Bertz CT molecular complexity index is 1290. The van der Waals surface area contributed by atoms with Crippen molar-refractivity contribution in [3.63, 3.8) is 0 Å². The van der Waals surface area contributed by atoms with Gasteiger partial charge in [-0.05, 0) is 58.0 Å². The van der Waals surface area contributed by atoms with Crippen LogP contribution in [0.25, 0.3) is 44.2 Å². The lowest BCUT2D eigenvalue weighted by molar-refractivity contribution is 0.669. The molecule has 0 fully saturated rings. The van der Waals surface area contributed by atoms with Crippen LogP contribution >= 0.6 is 0 Å². The van der Waals surface area contributed by atoms with Crippen molar-refractivity contribution in [2.45, 2.75) is 19.8 Å². The van der Waals surface area contributed by atoms with E-state index in [1.807, 2.05) is 12.1 Å². The van der Waals surface area contributed by atoms with Gasteiger partial charge in [0, 0.05) is 10.8 Å². The fraction of sp³-hybridized carbons (Fsp3) is 0.111. The van der Waals surface area contributed by atoms with Crippen LogP contribution in [0.3, 0.4) is 0 Å². The molecule has 5 aromatic rings. The first-order valence-corrected chi connectivity index (χ1v) is 9.81. The van der Waals surface area contributed by atoms with Crippen LogP contribution in [0.15, 0.2) is 95.4 Å². The average Bonchev–Trinajstić information content (AvgIpc) is 3.12. The average molecular weight is 362 g/mol. The summed E-state index contributed by atoms with van der Waals surface area (Å²) in [5.74, 6) is 0.527. The third-order valence-electron chi connectivity index (χ3n) is 5.46. The number of furan rings is 1. The second kappa shape index (κ2) is 6.69. The van der Waals surface area contributed by atoms with Gasteiger partial charge < -0.3 is 4.42 Å². The number of hydrogen-bond acceptors (Lipinski definition) is 1. The quantitative estimate of drug-likeness (QED) is 0.316. The number of hydrogen-bond donors (Lipinski definition) is 0. The second-order valence-electron chi connectivity index (χ2n) is 7.67. The lowest BCUT2D eigenvalue weighted by atomic mass is 9.95. The Balaban J connectivity index is 1.59. The third-order valence-corrected chi connectivity index (χ3v) is 5.46. The number of benzene rings is 4. The van der Waals surface area contributed by atoms with Gasteiger partial charge in [0.05, 0.1) is 0 Å². The van der Waals surface area contributed by atoms with Gasteiger partial charge >= 0.3 is 0 Å². The summed E-state index contributed by atoms with van der Waals surface area (Å²) in [5, 5.41) is 2.34. The molecule has 1 aromatic heterocycles. The van der Waals surface area contributed by atoms with Gasteiger partial charge in [-0.2, -0.15) is 0 Å². The van der Waals surface area contributed by atoms with Crippen LogP contribution in [-0.4, -0.2) is 0 Å². The van der Waals surface area contributed by atoms with Crippen molar-refractivity contribution in [3.05, 3.63) is 96.6 Å². The molecule has 136 valence electrons. The SMILES string of the molecule is CC(C)c1cccc(-c2cccc(-c3ccc4c(c3)oc3ccccc34)c2)c1. The highest BCUT2D eigenvalue weighted by Crippen LogP contribution is 2.33. The normalized spacial score (nSPS) is 11.5. The van der Waals surface area contributed by atoms with Crippen LogP contribution in [0, 0.1) is 0 Å². The van der Waals surface area contributed by atoms with Crippen molar-refractivity contribution in [3.8, 4) is 22.3 Å². The molecular weight excluding hydrogens is 340 g/mol. The van der Waals surface area contributed by atoms with E-state index in [1.54, 1.807) is 0 Å². The summed E-state index contributed by atoms with van der Waals surface area (Å²) in [5.41, 5.74) is 8.12. The molecule has 4 aromatic carbocycles. The zero-order valence-electron chi connectivity index (χ0n) is 16.1. The zero-order valence-corrected chi connectivity index (χ0v) is 16.1. The molecule has 0 spiro atoms. The smallest absolute Gasteiger partial charge is 0.136 e. The van der Waals surface area contributed by atoms with Gasteiger partial charge in [0.2, 0.25) is 0 Å². The maximum absolute atomic E-state index is 6.07. The summed E-state index contributed by atoms with van der Waals surface area (Å²) >= 11 is 0. The molecule has 1 heteroatoms. The Morgan fingerprint density at radius 3 is 1.96 bits per heavy atom. The van der Waals surface area contributed by atoms with E-state index < -0.39 is 0 Å². The molecule has 0 atom stereocenters. The molecule has 0 unspecified atom stereocenters. The van der Waals surface area contributed by atoms with Crippen LogP contribution in [0.4, 0.5) is 0 Å². The van der Waals surface area contributed by atoms with Gasteiger partial charge in [0.1, 0.15) is 11.2 Å². The predicted molar refractivity (Wildman–Crippen MR) is 119 cm³/mol.